The maximum Gasteiger partial charge on any atom is 0.164 e. The first-order valence-electron chi connectivity index (χ1n) is 17.0. The summed E-state index contributed by atoms with van der Waals surface area (Å²) in [5.41, 5.74) is 7.25. The summed E-state index contributed by atoms with van der Waals surface area (Å²) in [6.07, 6.45) is 0. The number of benzene rings is 8. The lowest BCUT2D eigenvalue weighted by atomic mass is 9.99. The van der Waals surface area contributed by atoms with E-state index in [9.17, 15) is 0 Å². The summed E-state index contributed by atoms with van der Waals surface area (Å²) >= 11 is 1.73. The highest BCUT2D eigenvalue weighted by atomic mass is 32.1. The van der Waals surface area contributed by atoms with Gasteiger partial charge in [0.2, 0.25) is 0 Å². The first kappa shape index (κ1) is 29.4. The molecular weight excluding hydrogens is 641 g/mol. The van der Waals surface area contributed by atoms with Crippen molar-refractivity contribution in [1.82, 2.24) is 19.9 Å². The van der Waals surface area contributed by atoms with Gasteiger partial charge in [-0.1, -0.05) is 140 Å². The molecule has 8 aromatic carbocycles. The van der Waals surface area contributed by atoms with Crippen LogP contribution in [0.3, 0.4) is 0 Å². The third kappa shape index (κ3) is 5.41. The molecular formula is C46H28N4S. The molecule has 0 aliphatic heterocycles. The third-order valence-electron chi connectivity index (χ3n) is 9.50. The molecule has 0 spiro atoms. The second-order valence-corrected chi connectivity index (χ2v) is 13.8. The van der Waals surface area contributed by atoms with Crippen molar-refractivity contribution in [2.45, 2.75) is 0 Å². The molecule has 10 rings (SSSR count). The van der Waals surface area contributed by atoms with Gasteiger partial charge in [0.1, 0.15) is 5.01 Å². The molecule has 0 aliphatic carbocycles. The van der Waals surface area contributed by atoms with Gasteiger partial charge >= 0.3 is 0 Å². The van der Waals surface area contributed by atoms with Crippen molar-refractivity contribution in [3.63, 3.8) is 0 Å². The molecule has 0 bridgehead atoms. The summed E-state index contributed by atoms with van der Waals surface area (Å²) in [6.45, 7) is 0. The second-order valence-electron chi connectivity index (χ2n) is 12.7. The molecule has 0 aliphatic rings. The van der Waals surface area contributed by atoms with Crippen molar-refractivity contribution >= 4 is 53.9 Å². The van der Waals surface area contributed by atoms with Gasteiger partial charge in [-0.2, -0.15) is 0 Å². The number of nitrogens with zero attached hydrogens (tertiary/aromatic N) is 4. The average molecular weight is 669 g/mol. The van der Waals surface area contributed by atoms with Crippen molar-refractivity contribution in [2.75, 3.05) is 0 Å². The fourth-order valence-corrected chi connectivity index (χ4v) is 7.85. The van der Waals surface area contributed by atoms with Crippen LogP contribution >= 0.6 is 11.3 Å². The fourth-order valence-electron chi connectivity index (χ4n) is 6.86. The summed E-state index contributed by atoms with van der Waals surface area (Å²) in [5, 5.41) is 8.01. The molecule has 2 heterocycles. The van der Waals surface area contributed by atoms with Gasteiger partial charge in [-0.3, -0.25) is 0 Å². The molecule has 0 unspecified atom stereocenters. The van der Waals surface area contributed by atoms with Crippen LogP contribution < -0.4 is 0 Å². The minimum Gasteiger partial charge on any atom is -0.235 e. The van der Waals surface area contributed by atoms with Crippen LogP contribution in [-0.2, 0) is 0 Å². The minimum atomic E-state index is 0.636. The molecule has 0 amide bonds. The van der Waals surface area contributed by atoms with E-state index in [4.69, 9.17) is 19.9 Å². The largest absolute Gasteiger partial charge is 0.235 e. The number of thiazole rings is 1. The minimum absolute atomic E-state index is 0.636. The Hall–Kier alpha value is -6.56. The van der Waals surface area contributed by atoms with E-state index >= 15 is 0 Å². The number of hydrogen-bond donors (Lipinski definition) is 0. The lowest BCUT2D eigenvalue weighted by Gasteiger charge is -2.11. The summed E-state index contributed by atoms with van der Waals surface area (Å²) in [7, 11) is 0. The first-order chi connectivity index (χ1) is 25.2. The van der Waals surface area contributed by atoms with Gasteiger partial charge in [-0.25, -0.2) is 19.9 Å². The predicted octanol–water partition coefficient (Wildman–Crippen LogP) is 12.3. The van der Waals surface area contributed by atoms with E-state index in [1.807, 2.05) is 6.07 Å². The molecule has 0 N–H and O–H groups in total. The Morgan fingerprint density at radius 1 is 0.314 bits per heavy atom. The van der Waals surface area contributed by atoms with E-state index in [0.29, 0.717) is 17.5 Å². The number of hydrogen-bond acceptors (Lipinski definition) is 5. The molecule has 10 aromatic rings. The maximum absolute atomic E-state index is 5.09. The number of rotatable bonds is 5. The Bertz CT molecular complexity index is 2830. The van der Waals surface area contributed by atoms with Crippen molar-refractivity contribution in [1.29, 1.82) is 0 Å². The van der Waals surface area contributed by atoms with Gasteiger partial charge in [0.25, 0.3) is 0 Å². The van der Waals surface area contributed by atoms with Gasteiger partial charge in [0.15, 0.2) is 17.5 Å². The van der Waals surface area contributed by atoms with Crippen molar-refractivity contribution in [3.8, 4) is 55.9 Å². The number of fused-ring (bicyclic) bond motifs is 5. The third-order valence-corrected chi connectivity index (χ3v) is 10.6. The lowest BCUT2D eigenvalue weighted by molar-refractivity contribution is 1.08. The summed E-state index contributed by atoms with van der Waals surface area (Å²) in [4.78, 5) is 20.3. The van der Waals surface area contributed by atoms with E-state index in [-0.39, 0.29) is 0 Å². The van der Waals surface area contributed by atoms with Gasteiger partial charge in [-0.15, -0.1) is 11.3 Å². The van der Waals surface area contributed by atoms with Crippen LogP contribution in [0.25, 0.3) is 98.4 Å². The fraction of sp³-hybridized carbons (Fsp3) is 0. The van der Waals surface area contributed by atoms with Crippen LogP contribution in [0.5, 0.6) is 0 Å². The van der Waals surface area contributed by atoms with Gasteiger partial charge in [0, 0.05) is 27.6 Å². The first-order valence-corrected chi connectivity index (χ1v) is 17.8. The zero-order valence-electron chi connectivity index (χ0n) is 27.4. The molecule has 0 radical (unpaired) electrons. The number of aromatic nitrogens is 4. The summed E-state index contributed by atoms with van der Waals surface area (Å²) in [6, 6.07) is 59.4. The molecule has 0 atom stereocenters. The Kier molecular flexibility index (Phi) is 6.96. The van der Waals surface area contributed by atoms with E-state index in [1.165, 1.54) is 15.5 Å². The van der Waals surface area contributed by atoms with Crippen LogP contribution in [0.4, 0.5) is 0 Å². The maximum atomic E-state index is 5.09. The average Bonchev–Trinajstić information content (AvgIpc) is 3.66. The molecule has 0 fully saturated rings. The van der Waals surface area contributed by atoms with Gasteiger partial charge < -0.3 is 0 Å². The van der Waals surface area contributed by atoms with Crippen LogP contribution in [0.15, 0.2) is 170 Å². The van der Waals surface area contributed by atoms with Crippen LogP contribution in [0, 0.1) is 0 Å². The van der Waals surface area contributed by atoms with Crippen LogP contribution in [0.1, 0.15) is 0 Å². The Balaban J connectivity index is 1.08. The smallest absolute Gasteiger partial charge is 0.164 e. The Morgan fingerprint density at radius 3 is 1.47 bits per heavy atom. The highest BCUT2D eigenvalue weighted by molar-refractivity contribution is 7.21. The van der Waals surface area contributed by atoms with E-state index < -0.39 is 0 Å². The molecule has 51 heavy (non-hydrogen) atoms. The topological polar surface area (TPSA) is 51.6 Å². The van der Waals surface area contributed by atoms with Crippen LogP contribution in [0.2, 0.25) is 0 Å². The quantitative estimate of drug-likeness (QED) is 0.183. The molecule has 2 aromatic heterocycles. The van der Waals surface area contributed by atoms with E-state index in [0.717, 1.165) is 65.4 Å². The van der Waals surface area contributed by atoms with Crippen molar-refractivity contribution < 1.29 is 0 Å². The molecule has 0 saturated carbocycles. The second kappa shape index (κ2) is 12.1. The zero-order valence-corrected chi connectivity index (χ0v) is 28.2. The highest BCUT2D eigenvalue weighted by Crippen LogP contribution is 2.36. The van der Waals surface area contributed by atoms with Crippen molar-refractivity contribution in [3.05, 3.63) is 170 Å². The zero-order chi connectivity index (χ0) is 33.7. The monoisotopic (exact) mass is 668 g/mol. The molecule has 5 heteroatoms. The standard InChI is InChI=1S/C46H28N4S/c1-2-11-31(12-3-1)46-47-42-40-23-21-35(25-36(40)22-24-41(42)51-46)34-15-8-16-37(28-34)43-48-44(38-19-17-29-9-4-6-13-32(29)26-38)50-45(49-43)39-20-18-30-10-5-7-14-33(30)27-39/h1-28H. The van der Waals surface area contributed by atoms with E-state index in [2.05, 4.69) is 164 Å². The molecule has 4 nitrogen and oxygen atoms in total. The SMILES string of the molecule is c1ccc(-c2nc3c(ccc4cc(-c5cccc(-c6nc(-c7ccc8ccccc8c7)nc(-c7ccc8ccccc8c7)n6)c5)ccc43)s2)cc1. The normalized spacial score (nSPS) is 11.5. The van der Waals surface area contributed by atoms with Gasteiger partial charge in [-0.05, 0) is 68.4 Å². The molecule has 0 saturated heterocycles. The highest BCUT2D eigenvalue weighted by Gasteiger charge is 2.15. The lowest BCUT2D eigenvalue weighted by Crippen LogP contribution is -2.00. The Morgan fingerprint density at radius 2 is 0.804 bits per heavy atom. The van der Waals surface area contributed by atoms with Gasteiger partial charge in [0.05, 0.1) is 10.2 Å². The summed E-state index contributed by atoms with van der Waals surface area (Å²) in [5.74, 6) is 1.93. The predicted molar refractivity (Wildman–Crippen MR) is 213 cm³/mol. The van der Waals surface area contributed by atoms with Crippen LogP contribution in [-0.4, -0.2) is 19.9 Å². The summed E-state index contributed by atoms with van der Waals surface area (Å²) < 4.78 is 1.19. The van der Waals surface area contributed by atoms with E-state index in [1.54, 1.807) is 11.3 Å². The Labute approximate surface area is 298 Å². The van der Waals surface area contributed by atoms with Crippen molar-refractivity contribution in [2.24, 2.45) is 0 Å². The molecule has 238 valence electrons.